The molecule has 124 valence electrons. The molecular formula is C19H31NO2. The van der Waals surface area contributed by atoms with Crippen molar-refractivity contribution in [2.75, 3.05) is 19.8 Å². The van der Waals surface area contributed by atoms with Crippen molar-refractivity contribution >= 4 is 0 Å². The van der Waals surface area contributed by atoms with Crippen LogP contribution < -0.4 is 10.1 Å². The monoisotopic (exact) mass is 305 g/mol. The van der Waals surface area contributed by atoms with Crippen LogP contribution in [0.3, 0.4) is 0 Å². The second-order valence-electron chi connectivity index (χ2n) is 6.17. The average molecular weight is 305 g/mol. The maximum Gasteiger partial charge on any atom is 0.119 e. The van der Waals surface area contributed by atoms with E-state index in [1.165, 1.54) is 44.1 Å². The van der Waals surface area contributed by atoms with E-state index >= 15 is 0 Å². The fraction of sp³-hybridized carbons (Fsp3) is 0.684. The van der Waals surface area contributed by atoms with Crippen LogP contribution in [-0.4, -0.2) is 25.9 Å². The van der Waals surface area contributed by atoms with Crippen LogP contribution in [0.5, 0.6) is 5.75 Å². The first kappa shape index (κ1) is 17.3. The van der Waals surface area contributed by atoms with Gasteiger partial charge in [0.15, 0.2) is 0 Å². The molecule has 1 fully saturated rings. The molecule has 0 bridgehead atoms. The van der Waals surface area contributed by atoms with Crippen molar-refractivity contribution < 1.29 is 9.47 Å². The lowest BCUT2D eigenvalue weighted by Gasteiger charge is -2.11. The second-order valence-corrected chi connectivity index (χ2v) is 6.17. The molecule has 1 N–H and O–H groups in total. The smallest absolute Gasteiger partial charge is 0.119 e. The molecule has 0 spiro atoms. The molecule has 3 heteroatoms. The van der Waals surface area contributed by atoms with Crippen molar-refractivity contribution in [3.63, 3.8) is 0 Å². The Morgan fingerprint density at radius 1 is 1.14 bits per heavy atom. The molecule has 1 aliphatic heterocycles. The van der Waals surface area contributed by atoms with Gasteiger partial charge in [0.25, 0.3) is 0 Å². The standard InChI is InChI=1S/C19H31NO2/c1-2-3-4-5-6-13-21-18-11-9-17(10-12-18)15-20-16-19-8-7-14-22-19/h9-12,19-20H,2-8,13-16H2,1H3. The van der Waals surface area contributed by atoms with E-state index in [2.05, 4.69) is 36.5 Å². The topological polar surface area (TPSA) is 30.5 Å². The summed E-state index contributed by atoms with van der Waals surface area (Å²) < 4.78 is 11.4. The third-order valence-corrected chi connectivity index (χ3v) is 4.17. The van der Waals surface area contributed by atoms with Gasteiger partial charge in [-0.1, -0.05) is 44.7 Å². The van der Waals surface area contributed by atoms with Gasteiger partial charge in [0, 0.05) is 19.7 Å². The summed E-state index contributed by atoms with van der Waals surface area (Å²) in [4.78, 5) is 0. The summed E-state index contributed by atoms with van der Waals surface area (Å²) in [6, 6.07) is 8.45. The van der Waals surface area contributed by atoms with Gasteiger partial charge in [-0.25, -0.2) is 0 Å². The summed E-state index contributed by atoms with van der Waals surface area (Å²) in [6.07, 6.45) is 9.21. The molecule has 0 aromatic heterocycles. The van der Waals surface area contributed by atoms with Gasteiger partial charge in [-0.05, 0) is 37.0 Å². The molecule has 0 aliphatic carbocycles. The number of ether oxygens (including phenoxy) is 2. The number of benzene rings is 1. The molecule has 1 aromatic rings. The van der Waals surface area contributed by atoms with E-state index in [4.69, 9.17) is 9.47 Å². The van der Waals surface area contributed by atoms with Crippen LogP contribution in [0.15, 0.2) is 24.3 Å². The van der Waals surface area contributed by atoms with Crippen LogP contribution in [0, 0.1) is 0 Å². The molecule has 3 nitrogen and oxygen atoms in total. The maximum absolute atomic E-state index is 5.79. The number of hydrogen-bond donors (Lipinski definition) is 1. The van der Waals surface area contributed by atoms with E-state index < -0.39 is 0 Å². The zero-order chi connectivity index (χ0) is 15.5. The van der Waals surface area contributed by atoms with Crippen molar-refractivity contribution in [3.8, 4) is 5.75 Å². The zero-order valence-electron chi connectivity index (χ0n) is 14.0. The molecule has 0 amide bonds. The molecule has 0 radical (unpaired) electrons. The minimum Gasteiger partial charge on any atom is -0.494 e. The first-order valence-corrected chi connectivity index (χ1v) is 8.92. The quantitative estimate of drug-likeness (QED) is 0.618. The maximum atomic E-state index is 5.79. The molecule has 1 aliphatic rings. The van der Waals surface area contributed by atoms with Crippen molar-refractivity contribution in [2.45, 2.75) is 64.5 Å². The third kappa shape index (κ3) is 6.80. The van der Waals surface area contributed by atoms with Crippen LogP contribution in [0.2, 0.25) is 0 Å². The minimum atomic E-state index is 0.412. The second kappa shape index (κ2) is 10.6. The number of hydrogen-bond acceptors (Lipinski definition) is 3. The van der Waals surface area contributed by atoms with E-state index in [0.29, 0.717) is 6.10 Å². The normalized spacial score (nSPS) is 17.8. The Hall–Kier alpha value is -1.06. The largest absolute Gasteiger partial charge is 0.494 e. The Morgan fingerprint density at radius 2 is 1.95 bits per heavy atom. The van der Waals surface area contributed by atoms with Crippen LogP contribution in [0.1, 0.15) is 57.4 Å². The highest BCUT2D eigenvalue weighted by atomic mass is 16.5. The highest BCUT2D eigenvalue weighted by Crippen LogP contribution is 2.14. The number of unbranched alkanes of at least 4 members (excludes halogenated alkanes) is 4. The molecular weight excluding hydrogens is 274 g/mol. The van der Waals surface area contributed by atoms with Crippen LogP contribution in [0.4, 0.5) is 0 Å². The zero-order valence-corrected chi connectivity index (χ0v) is 14.0. The first-order chi connectivity index (χ1) is 10.9. The minimum absolute atomic E-state index is 0.412. The van der Waals surface area contributed by atoms with Crippen LogP contribution >= 0.6 is 0 Å². The van der Waals surface area contributed by atoms with Crippen molar-refractivity contribution in [2.24, 2.45) is 0 Å². The Balaban J connectivity index is 1.56. The van der Waals surface area contributed by atoms with Gasteiger partial charge in [0.1, 0.15) is 5.75 Å². The Morgan fingerprint density at radius 3 is 2.68 bits per heavy atom. The van der Waals surface area contributed by atoms with Gasteiger partial charge in [-0.2, -0.15) is 0 Å². The van der Waals surface area contributed by atoms with Crippen molar-refractivity contribution in [3.05, 3.63) is 29.8 Å². The van der Waals surface area contributed by atoms with Crippen molar-refractivity contribution in [1.82, 2.24) is 5.32 Å². The lowest BCUT2D eigenvalue weighted by Crippen LogP contribution is -2.25. The predicted octanol–water partition coefficient (Wildman–Crippen LogP) is 4.30. The molecule has 1 aromatic carbocycles. The Kier molecular flexibility index (Phi) is 8.36. The summed E-state index contributed by atoms with van der Waals surface area (Å²) in [5.41, 5.74) is 1.30. The highest BCUT2D eigenvalue weighted by Gasteiger charge is 2.14. The van der Waals surface area contributed by atoms with Crippen LogP contribution in [-0.2, 0) is 11.3 Å². The molecule has 1 saturated heterocycles. The molecule has 2 rings (SSSR count). The SMILES string of the molecule is CCCCCCCOc1ccc(CNCC2CCCO2)cc1. The lowest BCUT2D eigenvalue weighted by molar-refractivity contribution is 0.110. The Labute approximate surface area is 135 Å². The van der Waals surface area contributed by atoms with E-state index in [1.807, 2.05) is 0 Å². The third-order valence-electron chi connectivity index (χ3n) is 4.17. The van der Waals surface area contributed by atoms with Crippen LogP contribution in [0.25, 0.3) is 0 Å². The molecule has 1 unspecified atom stereocenters. The first-order valence-electron chi connectivity index (χ1n) is 8.92. The lowest BCUT2D eigenvalue weighted by atomic mass is 10.2. The van der Waals surface area contributed by atoms with Crippen molar-refractivity contribution in [1.29, 1.82) is 0 Å². The van der Waals surface area contributed by atoms with Gasteiger partial charge in [0.2, 0.25) is 0 Å². The number of nitrogens with one attached hydrogen (secondary N) is 1. The fourth-order valence-corrected chi connectivity index (χ4v) is 2.78. The van der Waals surface area contributed by atoms with E-state index in [0.717, 1.165) is 38.5 Å². The molecule has 1 atom stereocenters. The van der Waals surface area contributed by atoms with Gasteiger partial charge in [-0.15, -0.1) is 0 Å². The molecule has 1 heterocycles. The van der Waals surface area contributed by atoms with Gasteiger partial charge < -0.3 is 14.8 Å². The molecule has 22 heavy (non-hydrogen) atoms. The van der Waals surface area contributed by atoms with Gasteiger partial charge in [-0.3, -0.25) is 0 Å². The summed E-state index contributed by atoms with van der Waals surface area (Å²) in [5.74, 6) is 0.985. The van der Waals surface area contributed by atoms with E-state index in [-0.39, 0.29) is 0 Å². The summed E-state index contributed by atoms with van der Waals surface area (Å²) in [7, 11) is 0. The summed E-state index contributed by atoms with van der Waals surface area (Å²) >= 11 is 0. The average Bonchev–Trinajstić information content (AvgIpc) is 3.05. The predicted molar refractivity (Wildman–Crippen MR) is 91.4 cm³/mol. The van der Waals surface area contributed by atoms with Gasteiger partial charge in [0.05, 0.1) is 12.7 Å². The molecule has 0 saturated carbocycles. The van der Waals surface area contributed by atoms with E-state index in [9.17, 15) is 0 Å². The van der Waals surface area contributed by atoms with Gasteiger partial charge >= 0.3 is 0 Å². The highest BCUT2D eigenvalue weighted by molar-refractivity contribution is 5.27. The fourth-order valence-electron chi connectivity index (χ4n) is 2.78. The van der Waals surface area contributed by atoms with E-state index in [1.54, 1.807) is 0 Å². The summed E-state index contributed by atoms with van der Waals surface area (Å²) in [6.45, 7) is 5.86. The summed E-state index contributed by atoms with van der Waals surface area (Å²) in [5, 5.41) is 3.47. The number of rotatable bonds is 11. The Bertz CT molecular complexity index is 385.